The van der Waals surface area contributed by atoms with Gasteiger partial charge in [0.15, 0.2) is 0 Å². The Bertz CT molecular complexity index is 640. The van der Waals surface area contributed by atoms with Gasteiger partial charge in [-0.2, -0.15) is 0 Å². The summed E-state index contributed by atoms with van der Waals surface area (Å²) in [7, 11) is 0. The molecule has 0 radical (unpaired) electrons. The van der Waals surface area contributed by atoms with Gasteiger partial charge in [-0.05, 0) is 79.7 Å². The molecule has 0 rings (SSSR count). The van der Waals surface area contributed by atoms with Crippen molar-refractivity contribution < 1.29 is 9.53 Å². The van der Waals surface area contributed by atoms with E-state index in [0.717, 1.165) is 44.9 Å². The first kappa shape index (κ1) is 32.4. The number of carbonyl (C=O) groups is 1. The second-order valence-corrected chi connectivity index (χ2v) is 10.5. The molecular formula is C32H56O2. The van der Waals surface area contributed by atoms with Gasteiger partial charge >= 0.3 is 5.97 Å². The van der Waals surface area contributed by atoms with Crippen LogP contribution >= 0.6 is 0 Å². The summed E-state index contributed by atoms with van der Waals surface area (Å²) in [4.78, 5) is 12.5. The lowest BCUT2D eigenvalue weighted by atomic mass is 10.0. The molecule has 0 N–H and O–H groups in total. The van der Waals surface area contributed by atoms with Gasteiger partial charge < -0.3 is 4.74 Å². The van der Waals surface area contributed by atoms with Gasteiger partial charge in [-0.1, -0.05) is 98.8 Å². The normalized spacial score (nSPS) is 12.9. The molecule has 0 aliphatic rings. The zero-order chi connectivity index (χ0) is 25.6. The van der Waals surface area contributed by atoms with Crippen LogP contribution in [0.25, 0.3) is 0 Å². The van der Waals surface area contributed by atoms with Gasteiger partial charge in [-0.15, -0.1) is 0 Å². The van der Waals surface area contributed by atoms with Gasteiger partial charge in [0.2, 0.25) is 0 Å². The highest BCUT2D eigenvalue weighted by Crippen LogP contribution is 2.16. The Morgan fingerprint density at radius 1 is 0.647 bits per heavy atom. The van der Waals surface area contributed by atoms with E-state index in [1.807, 2.05) is 0 Å². The first-order chi connectivity index (χ1) is 16.2. The molecule has 0 amide bonds. The van der Waals surface area contributed by atoms with Crippen molar-refractivity contribution in [3.63, 3.8) is 0 Å². The van der Waals surface area contributed by atoms with E-state index >= 15 is 0 Å². The standard InChI is InChI=1S/C32H56O2/c1-8-9-10-11-12-13-14-15-16-23-32(33)34-31(26-30(7)22-18-20-28(4)5)25-24-29(6)21-17-19-27(2)3/h19-20,24,26,31H,8-18,21-23,25H2,1-7H3. The molecule has 0 aromatic heterocycles. The van der Waals surface area contributed by atoms with E-state index in [9.17, 15) is 4.79 Å². The fraction of sp³-hybridized carbons (Fsp3) is 0.719. The van der Waals surface area contributed by atoms with Crippen LogP contribution in [0.15, 0.2) is 46.6 Å². The van der Waals surface area contributed by atoms with Crippen molar-refractivity contribution in [1.29, 1.82) is 0 Å². The molecule has 0 aliphatic carbocycles. The zero-order valence-corrected chi connectivity index (χ0v) is 23.8. The molecule has 0 spiro atoms. The van der Waals surface area contributed by atoms with Crippen LogP contribution in [-0.2, 0) is 9.53 Å². The maximum absolute atomic E-state index is 12.5. The van der Waals surface area contributed by atoms with Crippen LogP contribution in [-0.4, -0.2) is 12.1 Å². The number of hydrogen-bond donors (Lipinski definition) is 0. The number of allylic oxidation sites excluding steroid dienone is 6. The first-order valence-corrected chi connectivity index (χ1v) is 14.0. The molecule has 1 unspecified atom stereocenters. The molecule has 196 valence electrons. The molecule has 1 atom stereocenters. The van der Waals surface area contributed by atoms with Crippen LogP contribution in [0.4, 0.5) is 0 Å². The van der Waals surface area contributed by atoms with Gasteiger partial charge in [0, 0.05) is 12.8 Å². The van der Waals surface area contributed by atoms with E-state index in [4.69, 9.17) is 4.74 Å². The third-order valence-corrected chi connectivity index (χ3v) is 6.12. The lowest BCUT2D eigenvalue weighted by Crippen LogP contribution is -2.16. The SMILES string of the molecule is CCCCCCCCCCCC(=O)OC(C=C(C)CCC=C(C)C)CC=C(C)CCC=C(C)C. The van der Waals surface area contributed by atoms with E-state index in [0.29, 0.717) is 6.42 Å². The average Bonchev–Trinajstić information content (AvgIpc) is 2.75. The molecular weight excluding hydrogens is 416 g/mol. The van der Waals surface area contributed by atoms with Crippen molar-refractivity contribution in [2.24, 2.45) is 0 Å². The highest BCUT2D eigenvalue weighted by molar-refractivity contribution is 5.69. The highest BCUT2D eigenvalue weighted by atomic mass is 16.5. The molecule has 0 saturated carbocycles. The van der Waals surface area contributed by atoms with Gasteiger partial charge in [0.25, 0.3) is 0 Å². The third-order valence-electron chi connectivity index (χ3n) is 6.12. The van der Waals surface area contributed by atoms with Crippen LogP contribution in [0, 0.1) is 0 Å². The Hall–Kier alpha value is -1.57. The van der Waals surface area contributed by atoms with E-state index in [1.165, 1.54) is 67.2 Å². The first-order valence-electron chi connectivity index (χ1n) is 14.0. The molecule has 0 heterocycles. The monoisotopic (exact) mass is 472 g/mol. The number of esters is 1. The van der Waals surface area contributed by atoms with Crippen molar-refractivity contribution in [3.05, 3.63) is 46.6 Å². The Kier molecular flexibility index (Phi) is 20.9. The smallest absolute Gasteiger partial charge is 0.306 e. The van der Waals surface area contributed by atoms with Crippen LogP contribution in [0.2, 0.25) is 0 Å². The number of ether oxygens (including phenoxy) is 1. The van der Waals surface area contributed by atoms with Gasteiger partial charge in [-0.3, -0.25) is 4.79 Å². The fourth-order valence-corrected chi connectivity index (χ4v) is 3.96. The second-order valence-electron chi connectivity index (χ2n) is 10.5. The summed E-state index contributed by atoms with van der Waals surface area (Å²) in [5.41, 5.74) is 5.39. The van der Waals surface area contributed by atoms with E-state index in [-0.39, 0.29) is 12.1 Å². The minimum Gasteiger partial charge on any atom is -0.458 e. The number of carbonyl (C=O) groups excluding carboxylic acids is 1. The predicted octanol–water partition coefficient (Wildman–Crippen LogP) is 10.6. The third kappa shape index (κ3) is 22.2. The lowest BCUT2D eigenvalue weighted by Gasteiger charge is -2.15. The van der Waals surface area contributed by atoms with E-state index in [2.05, 4.69) is 72.8 Å². The summed E-state index contributed by atoms with van der Waals surface area (Å²) >= 11 is 0. The van der Waals surface area contributed by atoms with Gasteiger partial charge in [0.1, 0.15) is 6.10 Å². The Morgan fingerprint density at radius 2 is 1.15 bits per heavy atom. The maximum Gasteiger partial charge on any atom is 0.306 e. The van der Waals surface area contributed by atoms with Crippen LogP contribution in [0.1, 0.15) is 145 Å². The molecule has 0 bridgehead atoms. The topological polar surface area (TPSA) is 26.3 Å². The van der Waals surface area contributed by atoms with Gasteiger partial charge in [0.05, 0.1) is 0 Å². The molecule has 0 aromatic rings. The molecule has 34 heavy (non-hydrogen) atoms. The number of unbranched alkanes of at least 4 members (excludes halogenated alkanes) is 8. The quantitative estimate of drug-likeness (QED) is 0.1000. The summed E-state index contributed by atoms with van der Waals surface area (Å²) in [6.07, 6.45) is 25.7. The van der Waals surface area contributed by atoms with Crippen LogP contribution < -0.4 is 0 Å². The summed E-state index contributed by atoms with van der Waals surface area (Å²) in [6, 6.07) is 0. The summed E-state index contributed by atoms with van der Waals surface area (Å²) in [5.74, 6) is -0.0445. The van der Waals surface area contributed by atoms with Crippen molar-refractivity contribution >= 4 is 5.97 Å². The molecule has 2 nitrogen and oxygen atoms in total. The largest absolute Gasteiger partial charge is 0.458 e. The fourth-order valence-electron chi connectivity index (χ4n) is 3.96. The zero-order valence-electron chi connectivity index (χ0n) is 23.8. The van der Waals surface area contributed by atoms with Gasteiger partial charge in [-0.25, -0.2) is 0 Å². The van der Waals surface area contributed by atoms with Crippen molar-refractivity contribution in [1.82, 2.24) is 0 Å². The highest BCUT2D eigenvalue weighted by Gasteiger charge is 2.12. The summed E-state index contributed by atoms with van der Waals surface area (Å²) in [5, 5.41) is 0. The average molecular weight is 473 g/mol. The molecule has 0 fully saturated rings. The number of rotatable bonds is 20. The molecule has 0 aromatic carbocycles. The molecule has 2 heteroatoms. The Labute approximate surface area is 213 Å². The van der Waals surface area contributed by atoms with Crippen molar-refractivity contribution in [2.45, 2.75) is 151 Å². The molecule has 0 aliphatic heterocycles. The lowest BCUT2D eigenvalue weighted by molar-refractivity contribution is -0.146. The minimum absolute atomic E-state index is 0.0445. The van der Waals surface area contributed by atoms with Crippen molar-refractivity contribution in [2.75, 3.05) is 0 Å². The van der Waals surface area contributed by atoms with Crippen molar-refractivity contribution in [3.8, 4) is 0 Å². The van der Waals surface area contributed by atoms with Crippen LogP contribution in [0.3, 0.4) is 0 Å². The Morgan fingerprint density at radius 3 is 1.68 bits per heavy atom. The second kappa shape index (κ2) is 21.9. The molecule has 0 saturated heterocycles. The Balaban J connectivity index is 4.63. The van der Waals surface area contributed by atoms with Crippen LogP contribution in [0.5, 0.6) is 0 Å². The van der Waals surface area contributed by atoms with E-state index in [1.54, 1.807) is 0 Å². The minimum atomic E-state index is -0.156. The maximum atomic E-state index is 12.5. The predicted molar refractivity (Wildman–Crippen MR) is 151 cm³/mol. The summed E-state index contributed by atoms with van der Waals surface area (Å²) in [6.45, 7) is 15.2. The van der Waals surface area contributed by atoms with E-state index < -0.39 is 0 Å². The summed E-state index contributed by atoms with van der Waals surface area (Å²) < 4.78 is 5.93. The number of hydrogen-bond acceptors (Lipinski definition) is 2.